The minimum absolute atomic E-state index is 0.332. The SMILES string of the molecule is CCC(CN(CC)CN)OC. The Morgan fingerprint density at radius 1 is 1.45 bits per heavy atom. The van der Waals surface area contributed by atoms with Gasteiger partial charge in [-0.3, -0.25) is 4.90 Å². The molecule has 0 aromatic heterocycles. The fourth-order valence-corrected chi connectivity index (χ4v) is 0.991. The average molecular weight is 160 g/mol. The van der Waals surface area contributed by atoms with Crippen molar-refractivity contribution in [2.24, 2.45) is 5.73 Å². The Labute approximate surface area is 69.5 Å². The molecule has 0 heterocycles. The molecule has 3 nitrogen and oxygen atoms in total. The molecule has 1 atom stereocenters. The number of nitrogens with zero attached hydrogens (tertiary/aromatic N) is 1. The average Bonchev–Trinajstić information content (AvgIpc) is 2.07. The Hall–Kier alpha value is -0.120. The molecule has 11 heavy (non-hydrogen) atoms. The maximum Gasteiger partial charge on any atom is 0.0696 e. The van der Waals surface area contributed by atoms with Gasteiger partial charge in [0.15, 0.2) is 0 Å². The molecule has 68 valence electrons. The van der Waals surface area contributed by atoms with Gasteiger partial charge in [0.1, 0.15) is 0 Å². The summed E-state index contributed by atoms with van der Waals surface area (Å²) in [6.45, 7) is 6.79. The van der Waals surface area contributed by atoms with E-state index in [1.807, 2.05) is 0 Å². The number of nitrogens with two attached hydrogens (primary N) is 1. The summed E-state index contributed by atoms with van der Waals surface area (Å²) in [5, 5.41) is 0. The molecule has 0 rings (SSSR count). The fraction of sp³-hybridized carbons (Fsp3) is 1.00. The smallest absolute Gasteiger partial charge is 0.0696 e. The van der Waals surface area contributed by atoms with Crippen LogP contribution in [0.1, 0.15) is 20.3 Å². The van der Waals surface area contributed by atoms with Crippen LogP contribution < -0.4 is 5.73 Å². The molecule has 0 aliphatic rings. The van der Waals surface area contributed by atoms with Gasteiger partial charge in [0.2, 0.25) is 0 Å². The van der Waals surface area contributed by atoms with Crippen molar-refractivity contribution < 1.29 is 4.74 Å². The maximum absolute atomic E-state index is 5.51. The van der Waals surface area contributed by atoms with Crippen LogP contribution in [0.5, 0.6) is 0 Å². The zero-order chi connectivity index (χ0) is 8.69. The molecular formula is C8H20N2O. The number of rotatable bonds is 6. The minimum Gasteiger partial charge on any atom is -0.380 e. The predicted octanol–water partition coefficient (Wildman–Crippen LogP) is 0.650. The van der Waals surface area contributed by atoms with Crippen LogP contribution in [0.4, 0.5) is 0 Å². The second-order valence-corrected chi connectivity index (χ2v) is 2.62. The van der Waals surface area contributed by atoms with Gasteiger partial charge in [-0.15, -0.1) is 0 Å². The molecular weight excluding hydrogens is 140 g/mol. The maximum atomic E-state index is 5.51. The minimum atomic E-state index is 0.332. The van der Waals surface area contributed by atoms with Gasteiger partial charge in [0, 0.05) is 20.3 Å². The van der Waals surface area contributed by atoms with Gasteiger partial charge < -0.3 is 10.5 Å². The van der Waals surface area contributed by atoms with E-state index in [-0.39, 0.29) is 0 Å². The van der Waals surface area contributed by atoms with Gasteiger partial charge in [-0.25, -0.2) is 0 Å². The van der Waals surface area contributed by atoms with Crippen LogP contribution in [0.15, 0.2) is 0 Å². The first kappa shape index (κ1) is 10.9. The molecule has 2 N–H and O–H groups in total. The molecule has 1 unspecified atom stereocenters. The van der Waals surface area contributed by atoms with Gasteiger partial charge >= 0.3 is 0 Å². The van der Waals surface area contributed by atoms with Crippen molar-refractivity contribution in [2.45, 2.75) is 26.4 Å². The lowest BCUT2D eigenvalue weighted by molar-refractivity contribution is 0.0637. The van der Waals surface area contributed by atoms with Gasteiger partial charge in [0.25, 0.3) is 0 Å². The van der Waals surface area contributed by atoms with Crippen LogP contribution in [0.2, 0.25) is 0 Å². The van der Waals surface area contributed by atoms with Crippen LogP contribution in [0.3, 0.4) is 0 Å². The highest BCUT2D eigenvalue weighted by Crippen LogP contribution is 1.98. The normalized spacial score (nSPS) is 13.9. The zero-order valence-electron chi connectivity index (χ0n) is 7.84. The number of hydrogen-bond donors (Lipinski definition) is 1. The summed E-state index contributed by atoms with van der Waals surface area (Å²) in [5.41, 5.74) is 5.51. The summed E-state index contributed by atoms with van der Waals surface area (Å²) >= 11 is 0. The van der Waals surface area contributed by atoms with Crippen LogP contribution in [-0.4, -0.2) is 37.9 Å². The van der Waals surface area contributed by atoms with Crippen LogP contribution in [-0.2, 0) is 4.74 Å². The predicted molar refractivity (Wildman–Crippen MR) is 47.4 cm³/mol. The van der Waals surface area contributed by atoms with Gasteiger partial charge in [-0.1, -0.05) is 13.8 Å². The summed E-state index contributed by atoms with van der Waals surface area (Å²) in [4.78, 5) is 2.16. The molecule has 0 saturated heterocycles. The Morgan fingerprint density at radius 3 is 2.36 bits per heavy atom. The van der Waals surface area contributed by atoms with Crippen LogP contribution in [0, 0.1) is 0 Å². The summed E-state index contributed by atoms with van der Waals surface area (Å²) in [7, 11) is 1.75. The van der Waals surface area contributed by atoms with Crippen molar-refractivity contribution in [2.75, 3.05) is 26.9 Å². The number of hydrogen-bond acceptors (Lipinski definition) is 3. The molecule has 0 amide bonds. The molecule has 0 bridgehead atoms. The lowest BCUT2D eigenvalue weighted by Crippen LogP contribution is -2.37. The first-order valence-electron chi connectivity index (χ1n) is 4.23. The Balaban J connectivity index is 3.58. The van der Waals surface area contributed by atoms with E-state index < -0.39 is 0 Å². The van der Waals surface area contributed by atoms with E-state index in [0.29, 0.717) is 12.8 Å². The highest BCUT2D eigenvalue weighted by atomic mass is 16.5. The molecule has 0 aromatic rings. The van der Waals surface area contributed by atoms with Crippen LogP contribution in [0.25, 0.3) is 0 Å². The second kappa shape index (κ2) is 6.58. The number of ether oxygens (including phenoxy) is 1. The lowest BCUT2D eigenvalue weighted by Gasteiger charge is -2.22. The van der Waals surface area contributed by atoms with E-state index in [1.165, 1.54) is 0 Å². The van der Waals surface area contributed by atoms with E-state index in [4.69, 9.17) is 10.5 Å². The molecule has 0 saturated carbocycles. The highest BCUT2D eigenvalue weighted by Gasteiger charge is 2.08. The number of likely N-dealkylation sites (N-methyl/N-ethyl adjacent to an activating group) is 1. The first-order chi connectivity index (χ1) is 5.28. The van der Waals surface area contributed by atoms with Crippen molar-refractivity contribution in [3.05, 3.63) is 0 Å². The third kappa shape index (κ3) is 4.35. The fourth-order valence-electron chi connectivity index (χ4n) is 0.991. The summed E-state index contributed by atoms with van der Waals surface area (Å²) < 4.78 is 5.24. The van der Waals surface area contributed by atoms with Crippen molar-refractivity contribution >= 4 is 0 Å². The Bertz CT molecular complexity index is 70.2. The van der Waals surface area contributed by atoms with Gasteiger partial charge in [-0.05, 0) is 13.0 Å². The summed E-state index contributed by atoms with van der Waals surface area (Å²) in [6.07, 6.45) is 1.38. The standard InChI is InChI=1S/C8H20N2O/c1-4-8(11-3)6-10(5-2)7-9/h8H,4-7,9H2,1-3H3. The Kier molecular flexibility index (Phi) is 6.51. The Morgan fingerprint density at radius 2 is 2.09 bits per heavy atom. The molecule has 0 aromatic carbocycles. The quantitative estimate of drug-likeness (QED) is 0.580. The summed E-state index contributed by atoms with van der Waals surface area (Å²) in [5.74, 6) is 0. The summed E-state index contributed by atoms with van der Waals surface area (Å²) in [6, 6.07) is 0. The zero-order valence-corrected chi connectivity index (χ0v) is 7.84. The molecule has 0 radical (unpaired) electrons. The van der Waals surface area contributed by atoms with E-state index in [2.05, 4.69) is 18.7 Å². The highest BCUT2D eigenvalue weighted by molar-refractivity contribution is 4.61. The van der Waals surface area contributed by atoms with Crippen molar-refractivity contribution in [3.8, 4) is 0 Å². The first-order valence-corrected chi connectivity index (χ1v) is 4.23. The van der Waals surface area contributed by atoms with Crippen molar-refractivity contribution in [1.29, 1.82) is 0 Å². The molecule has 3 heteroatoms. The molecule has 0 spiro atoms. The van der Waals surface area contributed by atoms with Crippen molar-refractivity contribution in [3.63, 3.8) is 0 Å². The van der Waals surface area contributed by atoms with E-state index in [0.717, 1.165) is 19.5 Å². The third-order valence-corrected chi connectivity index (χ3v) is 1.96. The van der Waals surface area contributed by atoms with E-state index >= 15 is 0 Å². The van der Waals surface area contributed by atoms with E-state index in [9.17, 15) is 0 Å². The van der Waals surface area contributed by atoms with Gasteiger partial charge in [0.05, 0.1) is 6.10 Å². The van der Waals surface area contributed by atoms with Crippen molar-refractivity contribution in [1.82, 2.24) is 4.90 Å². The third-order valence-electron chi connectivity index (χ3n) is 1.96. The topological polar surface area (TPSA) is 38.5 Å². The van der Waals surface area contributed by atoms with E-state index in [1.54, 1.807) is 7.11 Å². The number of methoxy groups -OCH3 is 1. The monoisotopic (exact) mass is 160 g/mol. The lowest BCUT2D eigenvalue weighted by atomic mass is 10.2. The molecule has 0 fully saturated rings. The van der Waals surface area contributed by atoms with Gasteiger partial charge in [-0.2, -0.15) is 0 Å². The molecule has 0 aliphatic carbocycles. The van der Waals surface area contributed by atoms with Crippen LogP contribution >= 0.6 is 0 Å². The largest absolute Gasteiger partial charge is 0.380 e. The second-order valence-electron chi connectivity index (χ2n) is 2.62. The molecule has 0 aliphatic heterocycles.